The van der Waals surface area contributed by atoms with Crippen molar-refractivity contribution in [3.05, 3.63) is 47.5 Å². The van der Waals surface area contributed by atoms with Gasteiger partial charge in [0.05, 0.1) is 5.69 Å². The summed E-state index contributed by atoms with van der Waals surface area (Å²) in [4.78, 5) is 25.3. The van der Waals surface area contributed by atoms with Crippen LogP contribution in [0.2, 0.25) is 0 Å². The Balaban J connectivity index is 1.64. The minimum absolute atomic E-state index is 0.213. The molecule has 0 atom stereocenters. The highest BCUT2D eigenvalue weighted by Gasteiger charge is 2.22. The van der Waals surface area contributed by atoms with Crippen LogP contribution in [0.25, 0.3) is 0 Å². The molecule has 0 saturated carbocycles. The second-order valence-corrected chi connectivity index (χ2v) is 6.72. The van der Waals surface area contributed by atoms with E-state index in [0.29, 0.717) is 56.7 Å². The standard InChI is InChI=1S/C20H26FN5O2/c1-15-14-17(19(27)22-8-5-13-28-2)24-20(23-15)26-11-9-25(10-12-26)18-7-4-3-6-16(18)21/h3-4,6-7,14H,5,8-13H2,1-2H3,(H,22,27). The molecule has 150 valence electrons. The maximum atomic E-state index is 14.0. The molecule has 0 bridgehead atoms. The zero-order chi connectivity index (χ0) is 19.9. The van der Waals surface area contributed by atoms with E-state index in [0.717, 1.165) is 12.1 Å². The molecule has 8 heteroatoms. The molecular formula is C20H26FN5O2. The summed E-state index contributed by atoms with van der Waals surface area (Å²) >= 11 is 0. The van der Waals surface area contributed by atoms with E-state index in [1.54, 1.807) is 25.3 Å². The highest BCUT2D eigenvalue weighted by molar-refractivity contribution is 5.92. The first-order valence-corrected chi connectivity index (χ1v) is 9.45. The molecule has 1 aromatic carbocycles. The Morgan fingerprint density at radius 1 is 1.18 bits per heavy atom. The third kappa shape index (κ3) is 4.95. The summed E-state index contributed by atoms with van der Waals surface area (Å²) in [7, 11) is 1.63. The Morgan fingerprint density at radius 2 is 1.89 bits per heavy atom. The summed E-state index contributed by atoms with van der Waals surface area (Å²) in [6.07, 6.45) is 0.747. The topological polar surface area (TPSA) is 70.6 Å². The first-order valence-electron chi connectivity index (χ1n) is 9.45. The number of anilines is 2. The number of nitrogens with one attached hydrogen (secondary N) is 1. The van der Waals surface area contributed by atoms with Crippen molar-refractivity contribution in [1.29, 1.82) is 0 Å². The first-order chi connectivity index (χ1) is 13.6. The summed E-state index contributed by atoms with van der Waals surface area (Å²) in [5.74, 6) is 0.109. The van der Waals surface area contributed by atoms with Crippen LogP contribution < -0.4 is 15.1 Å². The Bertz CT molecular complexity index is 809. The van der Waals surface area contributed by atoms with Gasteiger partial charge < -0.3 is 19.9 Å². The predicted octanol–water partition coefficient (Wildman–Crippen LogP) is 2.02. The Labute approximate surface area is 164 Å². The fourth-order valence-corrected chi connectivity index (χ4v) is 3.18. The van der Waals surface area contributed by atoms with E-state index in [1.807, 2.05) is 22.8 Å². The molecule has 2 heterocycles. The molecule has 1 fully saturated rings. The predicted molar refractivity (Wildman–Crippen MR) is 106 cm³/mol. The van der Waals surface area contributed by atoms with Gasteiger partial charge >= 0.3 is 0 Å². The van der Waals surface area contributed by atoms with Gasteiger partial charge in [-0.1, -0.05) is 12.1 Å². The summed E-state index contributed by atoms with van der Waals surface area (Å²) in [6, 6.07) is 8.48. The minimum atomic E-state index is -0.215. The molecular weight excluding hydrogens is 361 g/mol. The maximum Gasteiger partial charge on any atom is 0.270 e. The average molecular weight is 387 g/mol. The molecule has 0 spiro atoms. The van der Waals surface area contributed by atoms with Crippen molar-refractivity contribution in [3.63, 3.8) is 0 Å². The van der Waals surface area contributed by atoms with E-state index in [4.69, 9.17) is 4.74 Å². The van der Waals surface area contributed by atoms with Crippen LogP contribution in [0.15, 0.2) is 30.3 Å². The van der Waals surface area contributed by atoms with Crippen LogP contribution >= 0.6 is 0 Å². The molecule has 1 N–H and O–H groups in total. The normalized spacial score (nSPS) is 14.2. The van der Waals surface area contributed by atoms with Gasteiger partial charge in [0, 0.05) is 52.1 Å². The van der Waals surface area contributed by atoms with E-state index in [1.165, 1.54) is 6.07 Å². The number of carbonyl (C=O) groups is 1. The third-order valence-corrected chi connectivity index (χ3v) is 4.64. The zero-order valence-corrected chi connectivity index (χ0v) is 16.3. The summed E-state index contributed by atoms with van der Waals surface area (Å²) < 4.78 is 19.0. The molecule has 0 radical (unpaired) electrons. The monoisotopic (exact) mass is 387 g/mol. The van der Waals surface area contributed by atoms with Crippen LogP contribution in [-0.2, 0) is 4.74 Å². The Hall–Kier alpha value is -2.74. The van der Waals surface area contributed by atoms with Crippen molar-refractivity contribution >= 4 is 17.5 Å². The lowest BCUT2D eigenvalue weighted by Gasteiger charge is -2.36. The molecule has 1 aliphatic heterocycles. The number of para-hydroxylation sites is 1. The fourth-order valence-electron chi connectivity index (χ4n) is 3.18. The van der Waals surface area contributed by atoms with Crippen molar-refractivity contribution in [1.82, 2.24) is 15.3 Å². The lowest BCUT2D eigenvalue weighted by atomic mass is 10.2. The van der Waals surface area contributed by atoms with Crippen molar-refractivity contribution in [2.75, 3.05) is 56.2 Å². The minimum Gasteiger partial charge on any atom is -0.385 e. The second kappa shape index (κ2) is 9.45. The summed E-state index contributed by atoms with van der Waals surface area (Å²) in [6.45, 7) is 5.63. The van der Waals surface area contributed by atoms with Crippen LogP contribution in [0.1, 0.15) is 22.6 Å². The molecule has 7 nitrogen and oxygen atoms in total. The third-order valence-electron chi connectivity index (χ3n) is 4.64. The number of aromatic nitrogens is 2. The zero-order valence-electron chi connectivity index (χ0n) is 16.3. The summed E-state index contributed by atoms with van der Waals surface area (Å²) in [5, 5.41) is 2.85. The molecule has 1 saturated heterocycles. The SMILES string of the molecule is COCCCNC(=O)c1cc(C)nc(N2CCN(c3ccccc3F)CC2)n1. The molecule has 1 amide bonds. The number of nitrogens with zero attached hydrogens (tertiary/aromatic N) is 4. The smallest absolute Gasteiger partial charge is 0.270 e. The molecule has 28 heavy (non-hydrogen) atoms. The van der Waals surface area contributed by atoms with Gasteiger partial charge in [-0.15, -0.1) is 0 Å². The van der Waals surface area contributed by atoms with Gasteiger partial charge in [0.2, 0.25) is 5.95 Å². The lowest BCUT2D eigenvalue weighted by molar-refractivity contribution is 0.0943. The molecule has 0 unspecified atom stereocenters. The number of hydrogen-bond acceptors (Lipinski definition) is 6. The van der Waals surface area contributed by atoms with E-state index in [-0.39, 0.29) is 11.7 Å². The molecule has 2 aromatic rings. The van der Waals surface area contributed by atoms with Gasteiger partial charge in [-0.2, -0.15) is 0 Å². The quantitative estimate of drug-likeness (QED) is 0.733. The van der Waals surface area contributed by atoms with Crippen LogP contribution in [0.4, 0.5) is 16.0 Å². The fraction of sp³-hybridized carbons (Fsp3) is 0.450. The van der Waals surface area contributed by atoms with Crippen molar-refractivity contribution in [2.45, 2.75) is 13.3 Å². The number of rotatable bonds is 7. The van der Waals surface area contributed by atoms with Gasteiger partial charge in [-0.05, 0) is 31.5 Å². The van der Waals surface area contributed by atoms with Crippen LogP contribution in [0.3, 0.4) is 0 Å². The van der Waals surface area contributed by atoms with Crippen molar-refractivity contribution in [3.8, 4) is 0 Å². The summed E-state index contributed by atoms with van der Waals surface area (Å²) in [5.41, 5.74) is 1.71. The van der Waals surface area contributed by atoms with Gasteiger partial charge in [-0.25, -0.2) is 14.4 Å². The van der Waals surface area contributed by atoms with Gasteiger partial charge in [0.25, 0.3) is 5.91 Å². The first kappa shape index (κ1) is 20.0. The number of carbonyl (C=O) groups excluding carboxylic acids is 1. The second-order valence-electron chi connectivity index (χ2n) is 6.72. The van der Waals surface area contributed by atoms with Gasteiger partial charge in [0.15, 0.2) is 0 Å². The van der Waals surface area contributed by atoms with Gasteiger partial charge in [0.1, 0.15) is 11.5 Å². The van der Waals surface area contributed by atoms with Crippen LogP contribution in [0, 0.1) is 12.7 Å². The number of amides is 1. The van der Waals surface area contributed by atoms with E-state index in [9.17, 15) is 9.18 Å². The number of hydrogen-bond donors (Lipinski definition) is 1. The van der Waals surface area contributed by atoms with E-state index in [2.05, 4.69) is 15.3 Å². The number of halogens is 1. The maximum absolute atomic E-state index is 14.0. The average Bonchev–Trinajstić information content (AvgIpc) is 2.71. The highest BCUT2D eigenvalue weighted by Crippen LogP contribution is 2.21. The lowest BCUT2D eigenvalue weighted by Crippen LogP contribution is -2.47. The number of aryl methyl sites for hydroxylation is 1. The molecule has 0 aliphatic carbocycles. The molecule has 1 aliphatic rings. The highest BCUT2D eigenvalue weighted by atomic mass is 19.1. The van der Waals surface area contributed by atoms with E-state index < -0.39 is 0 Å². The largest absolute Gasteiger partial charge is 0.385 e. The number of ether oxygens (including phenoxy) is 1. The van der Waals surface area contributed by atoms with Gasteiger partial charge in [-0.3, -0.25) is 4.79 Å². The Morgan fingerprint density at radius 3 is 2.61 bits per heavy atom. The number of piperazine rings is 1. The van der Waals surface area contributed by atoms with Crippen LogP contribution in [-0.4, -0.2) is 62.3 Å². The number of methoxy groups -OCH3 is 1. The van der Waals surface area contributed by atoms with Crippen LogP contribution in [0.5, 0.6) is 0 Å². The molecule has 1 aromatic heterocycles. The Kier molecular flexibility index (Phi) is 6.76. The van der Waals surface area contributed by atoms with Crippen molar-refractivity contribution < 1.29 is 13.9 Å². The molecule has 3 rings (SSSR count). The number of benzene rings is 1. The van der Waals surface area contributed by atoms with Crippen molar-refractivity contribution in [2.24, 2.45) is 0 Å². The van der Waals surface area contributed by atoms with E-state index >= 15 is 0 Å².